The van der Waals surface area contributed by atoms with Crippen LogP contribution in [-0.4, -0.2) is 22.1 Å². The van der Waals surface area contributed by atoms with Crippen LogP contribution in [-0.2, 0) is 0 Å². The topological polar surface area (TPSA) is 47.1 Å². The highest BCUT2D eigenvalue weighted by Gasteiger charge is 2.59. The number of amides is 4. The maximum Gasteiger partial charge on any atom is 0.347 e. The third kappa shape index (κ3) is 3.03. The van der Waals surface area contributed by atoms with Crippen molar-refractivity contribution in [2.24, 2.45) is 0 Å². The number of nitrogens with zero attached hydrogens (tertiary/aromatic N) is 4. The maximum absolute atomic E-state index is 14.1. The number of urea groups is 2. The fourth-order valence-electron chi connectivity index (χ4n) is 4.79. The summed E-state index contributed by atoms with van der Waals surface area (Å²) in [6.07, 6.45) is -1.22. The Bertz CT molecular complexity index is 1210. The standard InChI is InChI=1S/C28H22N4O2/c33-27-29(23-17-9-3-10-18-23)25(21-13-5-1-6-14-21)31-28(34)30(24-19-11-4-12-20-24)26(32(27)31)22-15-7-2-8-16-22/h1-20,25-26H/t25-,26-/m0/s1. The molecule has 0 aliphatic carbocycles. The quantitative estimate of drug-likeness (QED) is 0.376. The van der Waals surface area contributed by atoms with Gasteiger partial charge in [0.15, 0.2) is 12.3 Å². The predicted octanol–water partition coefficient (Wildman–Crippen LogP) is 6.18. The summed E-state index contributed by atoms with van der Waals surface area (Å²) in [6.45, 7) is 0. The number of benzene rings is 4. The third-order valence-electron chi connectivity index (χ3n) is 6.25. The molecule has 2 saturated heterocycles. The second kappa shape index (κ2) is 8.08. The van der Waals surface area contributed by atoms with E-state index in [1.807, 2.05) is 121 Å². The number of carbonyl (C=O) groups is 2. The molecule has 166 valence electrons. The smallest absolute Gasteiger partial charge is 0.266 e. The molecule has 0 unspecified atom stereocenters. The number of anilines is 2. The highest BCUT2D eigenvalue weighted by atomic mass is 16.2. The monoisotopic (exact) mass is 446 g/mol. The minimum atomic E-state index is -0.608. The first-order valence-electron chi connectivity index (χ1n) is 11.2. The Morgan fingerprint density at radius 3 is 1.03 bits per heavy atom. The zero-order chi connectivity index (χ0) is 23.1. The van der Waals surface area contributed by atoms with Crippen LogP contribution in [0.4, 0.5) is 21.0 Å². The average Bonchev–Trinajstić information content (AvgIpc) is 3.38. The lowest BCUT2D eigenvalue weighted by molar-refractivity contribution is 0.0696. The van der Waals surface area contributed by atoms with Crippen LogP contribution in [0.3, 0.4) is 0 Å². The lowest BCUT2D eigenvalue weighted by atomic mass is 10.1. The molecule has 6 heteroatoms. The molecule has 2 heterocycles. The molecule has 4 amide bonds. The Morgan fingerprint density at radius 2 is 0.706 bits per heavy atom. The molecule has 6 rings (SSSR count). The molecule has 0 N–H and O–H groups in total. The highest BCUT2D eigenvalue weighted by molar-refractivity contribution is 6.05. The van der Waals surface area contributed by atoms with Crippen molar-refractivity contribution in [3.63, 3.8) is 0 Å². The molecular weight excluding hydrogens is 424 g/mol. The van der Waals surface area contributed by atoms with E-state index in [4.69, 9.17) is 0 Å². The van der Waals surface area contributed by atoms with Crippen LogP contribution >= 0.6 is 0 Å². The van der Waals surface area contributed by atoms with Crippen molar-refractivity contribution in [1.29, 1.82) is 0 Å². The Balaban J connectivity index is 1.56. The van der Waals surface area contributed by atoms with Crippen LogP contribution in [0.5, 0.6) is 0 Å². The number of hydrazine groups is 1. The Hall–Kier alpha value is -4.58. The second-order valence-corrected chi connectivity index (χ2v) is 8.23. The minimum absolute atomic E-state index is 0.249. The van der Waals surface area contributed by atoms with Gasteiger partial charge in [0.1, 0.15) is 0 Å². The molecule has 4 aromatic rings. The van der Waals surface area contributed by atoms with Gasteiger partial charge < -0.3 is 0 Å². The summed E-state index contributed by atoms with van der Waals surface area (Å²) in [5.74, 6) is 0. The van der Waals surface area contributed by atoms with Crippen LogP contribution in [0.25, 0.3) is 0 Å². The summed E-state index contributed by atoms with van der Waals surface area (Å²) >= 11 is 0. The van der Waals surface area contributed by atoms with E-state index >= 15 is 0 Å². The van der Waals surface area contributed by atoms with Crippen molar-refractivity contribution < 1.29 is 9.59 Å². The molecule has 0 radical (unpaired) electrons. The molecular formula is C28H22N4O2. The summed E-state index contributed by atoms with van der Waals surface area (Å²) in [6, 6.07) is 37.9. The maximum atomic E-state index is 14.1. The molecule has 2 aliphatic heterocycles. The number of carbonyl (C=O) groups excluding carboxylic acids is 2. The van der Waals surface area contributed by atoms with Crippen molar-refractivity contribution in [3.05, 3.63) is 132 Å². The van der Waals surface area contributed by atoms with Gasteiger partial charge in [-0.3, -0.25) is 9.80 Å². The first kappa shape index (κ1) is 20.1. The van der Waals surface area contributed by atoms with E-state index in [0.717, 1.165) is 22.5 Å². The summed E-state index contributed by atoms with van der Waals surface area (Å²) < 4.78 is 0. The number of fused-ring (bicyclic) bond motifs is 1. The normalized spacial score (nSPS) is 19.6. The number of para-hydroxylation sites is 2. The van der Waals surface area contributed by atoms with Gasteiger partial charge in [-0.05, 0) is 35.4 Å². The summed E-state index contributed by atoms with van der Waals surface area (Å²) in [5, 5.41) is 3.19. The molecule has 0 saturated carbocycles. The Kier molecular flexibility index (Phi) is 4.77. The van der Waals surface area contributed by atoms with Crippen molar-refractivity contribution in [2.75, 3.05) is 9.80 Å². The van der Waals surface area contributed by atoms with E-state index < -0.39 is 12.3 Å². The van der Waals surface area contributed by atoms with E-state index in [1.165, 1.54) is 0 Å². The molecule has 0 bridgehead atoms. The van der Waals surface area contributed by atoms with E-state index in [-0.39, 0.29) is 12.1 Å². The van der Waals surface area contributed by atoms with Gasteiger partial charge in [0.25, 0.3) is 0 Å². The zero-order valence-corrected chi connectivity index (χ0v) is 18.3. The fourth-order valence-corrected chi connectivity index (χ4v) is 4.79. The Morgan fingerprint density at radius 1 is 0.412 bits per heavy atom. The lowest BCUT2D eigenvalue weighted by Crippen LogP contribution is -2.40. The van der Waals surface area contributed by atoms with Crippen LogP contribution in [0, 0.1) is 0 Å². The average molecular weight is 447 g/mol. The highest BCUT2D eigenvalue weighted by Crippen LogP contribution is 2.49. The van der Waals surface area contributed by atoms with Gasteiger partial charge in [-0.2, -0.15) is 0 Å². The first-order chi connectivity index (χ1) is 16.8. The van der Waals surface area contributed by atoms with Gasteiger partial charge in [0.2, 0.25) is 0 Å². The fraction of sp³-hybridized carbons (Fsp3) is 0.0714. The number of rotatable bonds is 4. The molecule has 6 nitrogen and oxygen atoms in total. The minimum Gasteiger partial charge on any atom is -0.266 e. The lowest BCUT2D eigenvalue weighted by Gasteiger charge is -2.29. The van der Waals surface area contributed by atoms with E-state index in [2.05, 4.69) is 0 Å². The first-order valence-corrected chi connectivity index (χ1v) is 11.2. The SMILES string of the molecule is O=C1N(c2ccccc2)[C@H](c2ccccc2)N2C(=O)N(c3ccccc3)[C@H](c3ccccc3)N12. The summed E-state index contributed by atoms with van der Waals surface area (Å²) in [5.41, 5.74) is 3.19. The Labute approximate surface area is 197 Å². The molecule has 4 aromatic carbocycles. The second-order valence-electron chi connectivity index (χ2n) is 8.23. The molecule has 2 atom stereocenters. The van der Waals surface area contributed by atoms with E-state index in [0.29, 0.717) is 0 Å². The molecule has 2 fully saturated rings. The summed E-state index contributed by atoms with van der Waals surface area (Å²) in [7, 11) is 0. The van der Waals surface area contributed by atoms with Gasteiger partial charge in [-0.1, -0.05) is 97.1 Å². The third-order valence-corrected chi connectivity index (χ3v) is 6.25. The molecule has 34 heavy (non-hydrogen) atoms. The summed E-state index contributed by atoms with van der Waals surface area (Å²) in [4.78, 5) is 31.6. The molecule has 0 spiro atoms. The number of hydrogen-bond donors (Lipinski definition) is 0. The largest absolute Gasteiger partial charge is 0.347 e. The molecule has 0 aromatic heterocycles. The number of hydrogen-bond acceptors (Lipinski definition) is 2. The van der Waals surface area contributed by atoms with E-state index in [9.17, 15) is 9.59 Å². The van der Waals surface area contributed by atoms with Crippen molar-refractivity contribution in [2.45, 2.75) is 12.3 Å². The van der Waals surface area contributed by atoms with Crippen LogP contribution in [0.15, 0.2) is 121 Å². The van der Waals surface area contributed by atoms with Crippen molar-refractivity contribution in [3.8, 4) is 0 Å². The zero-order valence-electron chi connectivity index (χ0n) is 18.3. The van der Waals surface area contributed by atoms with Gasteiger partial charge in [-0.25, -0.2) is 19.6 Å². The van der Waals surface area contributed by atoms with Crippen molar-refractivity contribution >= 4 is 23.4 Å². The predicted molar refractivity (Wildman–Crippen MR) is 131 cm³/mol. The molecule has 2 aliphatic rings. The van der Waals surface area contributed by atoms with Crippen molar-refractivity contribution in [1.82, 2.24) is 10.0 Å². The van der Waals surface area contributed by atoms with Crippen LogP contribution < -0.4 is 9.80 Å². The van der Waals surface area contributed by atoms with Crippen LogP contribution in [0.1, 0.15) is 23.5 Å². The van der Waals surface area contributed by atoms with Gasteiger partial charge in [0, 0.05) is 11.4 Å². The van der Waals surface area contributed by atoms with Gasteiger partial charge in [-0.15, -0.1) is 0 Å². The van der Waals surface area contributed by atoms with Gasteiger partial charge >= 0.3 is 12.1 Å². The van der Waals surface area contributed by atoms with E-state index in [1.54, 1.807) is 19.8 Å². The van der Waals surface area contributed by atoms with Gasteiger partial charge in [0.05, 0.1) is 0 Å². The van der Waals surface area contributed by atoms with Crippen LogP contribution in [0.2, 0.25) is 0 Å².